The summed E-state index contributed by atoms with van der Waals surface area (Å²) in [5, 5.41) is 4.17. The van der Waals surface area contributed by atoms with Crippen molar-refractivity contribution in [1.82, 2.24) is 4.90 Å². The Bertz CT molecular complexity index is 549. The molecule has 1 aromatic rings. The number of nitrogens with zero attached hydrogens (tertiary/aromatic N) is 2. The zero-order chi connectivity index (χ0) is 14.7. The third-order valence-corrected chi connectivity index (χ3v) is 3.85. The van der Waals surface area contributed by atoms with Gasteiger partial charge in [-0.3, -0.25) is 4.79 Å². The second kappa shape index (κ2) is 6.12. The highest BCUT2D eigenvalue weighted by atomic mass is 16.6. The molecule has 110 valence electrons. The van der Waals surface area contributed by atoms with E-state index in [1.165, 1.54) is 0 Å². The lowest BCUT2D eigenvalue weighted by Crippen LogP contribution is -2.38. The van der Waals surface area contributed by atoms with E-state index in [1.54, 1.807) is 6.08 Å². The number of carbonyl (C=O) groups is 1. The van der Waals surface area contributed by atoms with Crippen molar-refractivity contribution in [3.05, 3.63) is 48.6 Å². The summed E-state index contributed by atoms with van der Waals surface area (Å²) in [6.45, 7) is 4.90. The molecule has 0 bridgehead atoms. The minimum Gasteiger partial charge on any atom is -0.390 e. The number of oxime groups is 1. The van der Waals surface area contributed by atoms with E-state index in [4.69, 9.17) is 4.84 Å². The number of rotatable bonds is 6. The summed E-state index contributed by atoms with van der Waals surface area (Å²) in [7, 11) is 0. The topological polar surface area (TPSA) is 41.9 Å². The molecule has 1 amide bonds. The third-order valence-electron chi connectivity index (χ3n) is 3.85. The maximum absolute atomic E-state index is 12.2. The molecule has 0 saturated heterocycles. The summed E-state index contributed by atoms with van der Waals surface area (Å²) >= 11 is 0. The van der Waals surface area contributed by atoms with Gasteiger partial charge in [0, 0.05) is 18.9 Å². The van der Waals surface area contributed by atoms with Gasteiger partial charge in [0.05, 0.1) is 12.3 Å². The van der Waals surface area contributed by atoms with Gasteiger partial charge >= 0.3 is 0 Å². The van der Waals surface area contributed by atoms with Crippen molar-refractivity contribution < 1.29 is 9.63 Å². The van der Waals surface area contributed by atoms with Gasteiger partial charge in [0.15, 0.2) is 6.10 Å². The molecular weight excluding hydrogens is 264 g/mol. The van der Waals surface area contributed by atoms with Crippen LogP contribution in [-0.4, -0.2) is 35.7 Å². The molecule has 1 heterocycles. The van der Waals surface area contributed by atoms with Crippen LogP contribution in [0.5, 0.6) is 0 Å². The van der Waals surface area contributed by atoms with E-state index in [0.717, 1.165) is 30.5 Å². The van der Waals surface area contributed by atoms with Gasteiger partial charge in [-0.25, -0.2) is 0 Å². The Hall–Kier alpha value is -2.10. The second-order valence-electron chi connectivity index (χ2n) is 5.64. The van der Waals surface area contributed by atoms with Gasteiger partial charge in [-0.05, 0) is 18.4 Å². The van der Waals surface area contributed by atoms with Crippen molar-refractivity contribution in [2.45, 2.75) is 25.4 Å². The summed E-state index contributed by atoms with van der Waals surface area (Å²) < 4.78 is 0. The fourth-order valence-electron chi connectivity index (χ4n) is 2.57. The highest BCUT2D eigenvalue weighted by Gasteiger charge is 2.35. The van der Waals surface area contributed by atoms with Crippen molar-refractivity contribution in [3.8, 4) is 0 Å². The molecule has 0 N–H and O–H groups in total. The van der Waals surface area contributed by atoms with E-state index in [-0.39, 0.29) is 17.9 Å². The first-order valence-corrected chi connectivity index (χ1v) is 7.45. The van der Waals surface area contributed by atoms with Crippen LogP contribution in [-0.2, 0) is 9.63 Å². The molecule has 1 aromatic carbocycles. The average Bonchev–Trinajstić information content (AvgIpc) is 3.26. The number of hydrogen-bond acceptors (Lipinski definition) is 3. The highest BCUT2D eigenvalue weighted by molar-refractivity contribution is 6.01. The Morgan fingerprint density at radius 2 is 2.14 bits per heavy atom. The number of carbonyl (C=O) groups excluding carboxylic acids is 1. The van der Waals surface area contributed by atoms with E-state index < -0.39 is 0 Å². The fourth-order valence-corrected chi connectivity index (χ4v) is 2.57. The molecule has 1 saturated carbocycles. The zero-order valence-corrected chi connectivity index (χ0v) is 12.1. The zero-order valence-electron chi connectivity index (χ0n) is 12.1. The van der Waals surface area contributed by atoms with Crippen LogP contribution in [0, 0.1) is 5.92 Å². The molecule has 0 aromatic heterocycles. The molecular formula is C17H20N2O2. The molecule has 0 spiro atoms. The first-order valence-electron chi connectivity index (χ1n) is 7.45. The molecule has 0 radical (unpaired) electrons. The molecule has 3 rings (SSSR count). The molecule has 1 aliphatic heterocycles. The van der Waals surface area contributed by atoms with Crippen molar-refractivity contribution in [2.24, 2.45) is 11.1 Å². The van der Waals surface area contributed by atoms with Crippen LogP contribution in [0.4, 0.5) is 0 Å². The van der Waals surface area contributed by atoms with E-state index in [0.29, 0.717) is 13.1 Å². The molecule has 1 aliphatic carbocycles. The van der Waals surface area contributed by atoms with Gasteiger partial charge in [-0.2, -0.15) is 0 Å². The molecule has 4 heteroatoms. The maximum atomic E-state index is 12.2. The highest BCUT2D eigenvalue weighted by Crippen LogP contribution is 2.31. The second-order valence-corrected chi connectivity index (χ2v) is 5.64. The molecule has 2 aliphatic rings. The number of benzene rings is 1. The van der Waals surface area contributed by atoms with Gasteiger partial charge < -0.3 is 9.74 Å². The predicted molar refractivity (Wildman–Crippen MR) is 82.0 cm³/mol. The normalized spacial score (nSPS) is 20.6. The summed E-state index contributed by atoms with van der Waals surface area (Å²) in [6, 6.07) is 10.0. The Morgan fingerprint density at radius 1 is 1.38 bits per heavy atom. The van der Waals surface area contributed by atoms with Crippen LogP contribution < -0.4 is 0 Å². The largest absolute Gasteiger partial charge is 0.390 e. The maximum Gasteiger partial charge on any atom is 0.226 e. The molecule has 1 atom stereocenters. The van der Waals surface area contributed by atoms with Crippen molar-refractivity contribution in [3.63, 3.8) is 0 Å². The minimum atomic E-state index is -0.0529. The molecule has 1 fully saturated rings. The number of amides is 1. The van der Waals surface area contributed by atoms with Gasteiger partial charge in [0.25, 0.3) is 0 Å². The summed E-state index contributed by atoms with van der Waals surface area (Å²) in [6.07, 6.45) is 4.50. The Kier molecular flexibility index (Phi) is 4.04. The van der Waals surface area contributed by atoms with Crippen molar-refractivity contribution in [1.29, 1.82) is 0 Å². The van der Waals surface area contributed by atoms with E-state index in [1.807, 2.05) is 35.2 Å². The van der Waals surface area contributed by atoms with Crippen LogP contribution in [0.3, 0.4) is 0 Å². The van der Waals surface area contributed by atoms with Crippen molar-refractivity contribution in [2.75, 3.05) is 13.1 Å². The summed E-state index contributed by atoms with van der Waals surface area (Å²) in [4.78, 5) is 19.6. The number of hydrogen-bond donors (Lipinski definition) is 0. The predicted octanol–water partition coefficient (Wildman–Crippen LogP) is 2.60. The SMILES string of the molecule is C=CCN(CC1CC(c2ccccc2)=NO1)C(=O)C1CC1. The van der Waals surface area contributed by atoms with Crippen molar-refractivity contribution >= 4 is 11.6 Å². The summed E-state index contributed by atoms with van der Waals surface area (Å²) in [5.74, 6) is 0.451. The van der Waals surface area contributed by atoms with Crippen LogP contribution in [0.1, 0.15) is 24.8 Å². The van der Waals surface area contributed by atoms with E-state index >= 15 is 0 Å². The summed E-state index contributed by atoms with van der Waals surface area (Å²) in [5.41, 5.74) is 2.04. The molecule has 1 unspecified atom stereocenters. The van der Waals surface area contributed by atoms with Crippen LogP contribution in [0.15, 0.2) is 48.1 Å². The van der Waals surface area contributed by atoms with Crippen LogP contribution >= 0.6 is 0 Å². The van der Waals surface area contributed by atoms with Gasteiger partial charge in [0.2, 0.25) is 5.91 Å². The standard InChI is InChI=1S/C17H20N2O2/c1-2-10-19(17(20)14-8-9-14)12-15-11-16(18-21-15)13-6-4-3-5-7-13/h2-7,14-15H,1,8-12H2. The van der Waals surface area contributed by atoms with E-state index in [9.17, 15) is 4.79 Å². The Morgan fingerprint density at radius 3 is 2.81 bits per heavy atom. The smallest absolute Gasteiger partial charge is 0.226 e. The van der Waals surface area contributed by atoms with Crippen LogP contribution in [0.2, 0.25) is 0 Å². The van der Waals surface area contributed by atoms with Gasteiger partial charge in [0.1, 0.15) is 0 Å². The van der Waals surface area contributed by atoms with Crippen LogP contribution in [0.25, 0.3) is 0 Å². The van der Waals surface area contributed by atoms with E-state index in [2.05, 4.69) is 11.7 Å². The Labute approximate surface area is 125 Å². The lowest BCUT2D eigenvalue weighted by molar-refractivity contribution is -0.133. The third kappa shape index (κ3) is 3.32. The average molecular weight is 284 g/mol. The minimum absolute atomic E-state index is 0.0529. The molecule has 4 nitrogen and oxygen atoms in total. The molecule has 21 heavy (non-hydrogen) atoms. The van der Waals surface area contributed by atoms with Gasteiger partial charge in [-0.15, -0.1) is 6.58 Å². The van der Waals surface area contributed by atoms with Gasteiger partial charge in [-0.1, -0.05) is 41.6 Å². The first-order chi connectivity index (χ1) is 10.3. The monoisotopic (exact) mass is 284 g/mol. The Balaban J connectivity index is 1.59. The fraction of sp³-hybridized carbons (Fsp3) is 0.412. The first kappa shape index (κ1) is 13.9. The lowest BCUT2D eigenvalue weighted by atomic mass is 10.0. The quantitative estimate of drug-likeness (QED) is 0.754. The lowest BCUT2D eigenvalue weighted by Gasteiger charge is -2.23.